The van der Waals surface area contributed by atoms with Gasteiger partial charge in [0.2, 0.25) is 5.28 Å². The van der Waals surface area contributed by atoms with Crippen LogP contribution in [0, 0.1) is 5.92 Å². The van der Waals surface area contributed by atoms with Crippen LogP contribution >= 0.6 is 11.6 Å². The van der Waals surface area contributed by atoms with Crippen LogP contribution in [0.4, 0.5) is 5.82 Å². The number of fused-ring (bicyclic) bond motifs is 1. The maximum absolute atomic E-state index is 11.9. The van der Waals surface area contributed by atoms with Crippen LogP contribution in [0.2, 0.25) is 5.28 Å². The summed E-state index contributed by atoms with van der Waals surface area (Å²) in [7, 11) is -1.08. The number of hydrogen-bond acceptors (Lipinski definition) is 5. The molecule has 2 atom stereocenters. The highest BCUT2D eigenvalue weighted by atomic mass is 35.5. The number of aliphatic hydroxyl groups is 1. The van der Waals surface area contributed by atoms with Gasteiger partial charge in [0.05, 0.1) is 29.1 Å². The first-order chi connectivity index (χ1) is 8.52. The van der Waals surface area contributed by atoms with E-state index in [1.54, 1.807) is 0 Å². The van der Waals surface area contributed by atoms with Gasteiger partial charge in [-0.05, 0) is 17.5 Å². The molecule has 0 bridgehead atoms. The zero-order valence-corrected chi connectivity index (χ0v) is 11.9. The first kappa shape index (κ1) is 13.7. The fourth-order valence-corrected chi connectivity index (χ4v) is 3.36. The second-order valence-corrected chi connectivity index (χ2v) is 6.44. The number of nitrogens with one attached hydrogen (secondary N) is 1. The van der Waals surface area contributed by atoms with E-state index in [1.165, 1.54) is 0 Å². The molecule has 2 heterocycles. The average Bonchev–Trinajstić information content (AvgIpc) is 2.67. The normalized spacial score (nSPS) is 19.9. The van der Waals surface area contributed by atoms with Crippen molar-refractivity contribution in [3.8, 4) is 0 Å². The van der Waals surface area contributed by atoms with Crippen molar-refractivity contribution in [1.82, 2.24) is 9.97 Å². The van der Waals surface area contributed by atoms with Crippen molar-refractivity contribution in [2.75, 3.05) is 17.7 Å². The molecule has 7 heteroatoms. The number of aryl methyl sites for hydroxylation is 1. The molecule has 2 rings (SSSR count). The molecule has 0 saturated heterocycles. The number of hydrogen-bond donors (Lipinski definition) is 2. The predicted octanol–water partition coefficient (Wildman–Crippen LogP) is 1.22. The van der Waals surface area contributed by atoms with E-state index in [-0.39, 0.29) is 23.9 Å². The molecule has 2 N–H and O–H groups in total. The quantitative estimate of drug-likeness (QED) is 0.815. The maximum atomic E-state index is 11.9. The molecule has 0 radical (unpaired) electrons. The molecule has 0 spiro atoms. The van der Waals surface area contributed by atoms with Crippen molar-refractivity contribution in [2.24, 2.45) is 5.92 Å². The van der Waals surface area contributed by atoms with Gasteiger partial charge in [-0.15, -0.1) is 0 Å². The summed E-state index contributed by atoms with van der Waals surface area (Å²) in [5, 5.41) is 12.6. The summed E-state index contributed by atoms with van der Waals surface area (Å²) in [6.45, 7) is 3.97. The lowest BCUT2D eigenvalue weighted by Gasteiger charge is -2.21. The molecule has 0 fully saturated rings. The van der Waals surface area contributed by atoms with Crippen LogP contribution in [0.1, 0.15) is 19.5 Å². The molecule has 0 saturated carbocycles. The van der Waals surface area contributed by atoms with E-state index in [0.29, 0.717) is 22.9 Å². The summed E-state index contributed by atoms with van der Waals surface area (Å²) in [5.74, 6) is 1.28. The van der Waals surface area contributed by atoms with Gasteiger partial charge in [0, 0.05) is 12.2 Å². The van der Waals surface area contributed by atoms with Gasteiger partial charge in [-0.1, -0.05) is 13.8 Å². The number of halogens is 1. The Morgan fingerprint density at radius 1 is 1.50 bits per heavy atom. The number of rotatable bonds is 4. The lowest BCUT2D eigenvalue weighted by Crippen LogP contribution is -2.30. The summed E-state index contributed by atoms with van der Waals surface area (Å²) in [6, 6.07) is -0.141. The van der Waals surface area contributed by atoms with Gasteiger partial charge in [0.25, 0.3) is 0 Å². The Morgan fingerprint density at radius 2 is 2.22 bits per heavy atom. The van der Waals surface area contributed by atoms with E-state index in [0.717, 1.165) is 5.69 Å². The molecular weight excluding hydrogens is 274 g/mol. The van der Waals surface area contributed by atoms with Crippen LogP contribution in [0.3, 0.4) is 0 Å². The Labute approximate surface area is 113 Å². The highest BCUT2D eigenvalue weighted by molar-refractivity contribution is 7.85. The summed E-state index contributed by atoms with van der Waals surface area (Å²) in [5.41, 5.74) is 0.747. The molecule has 1 unspecified atom stereocenters. The fraction of sp³-hybridized carbons (Fsp3) is 0.636. The zero-order valence-electron chi connectivity index (χ0n) is 10.3. The SMILES string of the molecule is CC(C)C(CO)Nc1nc(Cl)nc2c1[S@](=O)CC2. The first-order valence-electron chi connectivity index (χ1n) is 5.85. The van der Waals surface area contributed by atoms with Gasteiger partial charge in [0.15, 0.2) is 0 Å². The van der Waals surface area contributed by atoms with Crippen LogP contribution in [0.25, 0.3) is 0 Å². The molecular formula is C11H16ClN3O2S. The standard InChI is InChI=1S/C11H16ClN3O2S/c1-6(2)8(5-16)13-10-9-7(3-4-18(9)17)14-11(12)15-10/h6,8,16H,3-5H2,1-2H3,(H,13,14,15)/t8?,18-/m1/s1. The number of nitrogens with zero attached hydrogens (tertiary/aromatic N) is 2. The highest BCUT2D eigenvalue weighted by Crippen LogP contribution is 2.29. The Morgan fingerprint density at radius 3 is 2.83 bits per heavy atom. The highest BCUT2D eigenvalue weighted by Gasteiger charge is 2.27. The third-order valence-electron chi connectivity index (χ3n) is 2.98. The fourth-order valence-electron chi connectivity index (χ4n) is 1.86. The van der Waals surface area contributed by atoms with E-state index >= 15 is 0 Å². The van der Waals surface area contributed by atoms with Crippen LogP contribution in [-0.4, -0.2) is 37.7 Å². The lowest BCUT2D eigenvalue weighted by molar-refractivity contribution is 0.249. The molecule has 1 aliphatic rings. The third kappa shape index (κ3) is 2.65. The molecule has 1 aromatic rings. The molecule has 1 aromatic heterocycles. The second kappa shape index (κ2) is 5.50. The van der Waals surface area contributed by atoms with Gasteiger partial charge in [-0.2, -0.15) is 4.98 Å². The monoisotopic (exact) mass is 289 g/mol. The number of aliphatic hydroxyl groups excluding tert-OH is 1. The number of anilines is 1. The van der Waals surface area contributed by atoms with Gasteiger partial charge < -0.3 is 10.4 Å². The minimum absolute atomic E-state index is 0.0132. The van der Waals surface area contributed by atoms with Crippen LogP contribution in [-0.2, 0) is 17.2 Å². The maximum Gasteiger partial charge on any atom is 0.224 e. The topological polar surface area (TPSA) is 75.1 Å². The summed E-state index contributed by atoms with van der Waals surface area (Å²) >= 11 is 5.86. The van der Waals surface area contributed by atoms with Crippen molar-refractivity contribution in [1.29, 1.82) is 0 Å². The summed E-state index contributed by atoms with van der Waals surface area (Å²) in [6.07, 6.45) is 0.657. The van der Waals surface area contributed by atoms with Gasteiger partial charge in [-0.3, -0.25) is 4.21 Å². The predicted molar refractivity (Wildman–Crippen MR) is 71.4 cm³/mol. The third-order valence-corrected chi connectivity index (χ3v) is 4.61. The Balaban J connectivity index is 2.36. The van der Waals surface area contributed by atoms with Crippen LogP contribution < -0.4 is 5.32 Å². The van der Waals surface area contributed by atoms with E-state index < -0.39 is 10.8 Å². The largest absolute Gasteiger partial charge is 0.394 e. The van der Waals surface area contributed by atoms with E-state index in [4.69, 9.17) is 11.6 Å². The van der Waals surface area contributed by atoms with E-state index in [1.807, 2.05) is 13.8 Å². The summed E-state index contributed by atoms with van der Waals surface area (Å²) in [4.78, 5) is 8.84. The van der Waals surface area contributed by atoms with Gasteiger partial charge >= 0.3 is 0 Å². The van der Waals surface area contributed by atoms with Crippen LogP contribution in [0.15, 0.2) is 4.90 Å². The van der Waals surface area contributed by atoms with Crippen molar-refractivity contribution < 1.29 is 9.32 Å². The van der Waals surface area contributed by atoms with Crippen LogP contribution in [0.5, 0.6) is 0 Å². The molecule has 18 heavy (non-hydrogen) atoms. The molecule has 0 amide bonds. The number of aromatic nitrogens is 2. The van der Waals surface area contributed by atoms with Crippen molar-refractivity contribution in [3.05, 3.63) is 11.0 Å². The molecule has 5 nitrogen and oxygen atoms in total. The second-order valence-electron chi connectivity index (χ2n) is 4.59. The lowest BCUT2D eigenvalue weighted by atomic mass is 10.1. The minimum Gasteiger partial charge on any atom is -0.394 e. The van der Waals surface area contributed by atoms with E-state index in [2.05, 4.69) is 15.3 Å². The van der Waals surface area contributed by atoms with E-state index in [9.17, 15) is 9.32 Å². The zero-order chi connectivity index (χ0) is 13.3. The molecule has 1 aliphatic heterocycles. The van der Waals surface area contributed by atoms with Gasteiger partial charge in [-0.25, -0.2) is 4.98 Å². The first-order valence-corrected chi connectivity index (χ1v) is 7.54. The molecule has 100 valence electrons. The molecule has 0 aromatic carbocycles. The average molecular weight is 290 g/mol. The van der Waals surface area contributed by atoms with Crippen molar-refractivity contribution >= 4 is 28.2 Å². The summed E-state index contributed by atoms with van der Waals surface area (Å²) < 4.78 is 11.9. The minimum atomic E-state index is -1.08. The Bertz CT molecular complexity index is 482. The Hall–Kier alpha value is -0.720. The smallest absolute Gasteiger partial charge is 0.224 e. The Kier molecular flexibility index (Phi) is 4.19. The van der Waals surface area contributed by atoms with Crippen molar-refractivity contribution in [2.45, 2.75) is 31.2 Å². The van der Waals surface area contributed by atoms with Crippen molar-refractivity contribution in [3.63, 3.8) is 0 Å². The van der Waals surface area contributed by atoms with Gasteiger partial charge in [0.1, 0.15) is 10.7 Å². The molecule has 0 aliphatic carbocycles.